The Bertz CT molecular complexity index is 1310. The lowest BCUT2D eigenvalue weighted by Gasteiger charge is -2.07. The predicted octanol–water partition coefficient (Wildman–Crippen LogP) is 4.16. The van der Waals surface area contributed by atoms with E-state index in [0.29, 0.717) is 23.0 Å². The molecule has 0 saturated heterocycles. The van der Waals surface area contributed by atoms with Crippen LogP contribution in [0.2, 0.25) is 5.15 Å². The number of nitrogens with two attached hydrogens (primary N) is 1. The summed E-state index contributed by atoms with van der Waals surface area (Å²) >= 11 is 6.49. The molecule has 0 aliphatic heterocycles. The van der Waals surface area contributed by atoms with Gasteiger partial charge in [-0.15, -0.1) is 0 Å². The van der Waals surface area contributed by atoms with Crippen molar-refractivity contribution >= 4 is 41.2 Å². The molecule has 0 unspecified atom stereocenters. The summed E-state index contributed by atoms with van der Waals surface area (Å²) in [6.45, 7) is 2.19. The molecule has 0 aliphatic carbocycles. The number of nitrogens with one attached hydrogen (secondary N) is 1. The van der Waals surface area contributed by atoms with E-state index in [4.69, 9.17) is 22.1 Å². The molecular formula is C24H22ClN7O2. The van der Waals surface area contributed by atoms with E-state index in [1.165, 1.54) is 6.08 Å². The van der Waals surface area contributed by atoms with Crippen LogP contribution in [-0.2, 0) is 22.7 Å². The number of carbonyl (C=O) groups is 1. The Labute approximate surface area is 201 Å². The van der Waals surface area contributed by atoms with Gasteiger partial charge in [0.2, 0.25) is 11.9 Å². The molecule has 0 bridgehead atoms. The highest BCUT2D eigenvalue weighted by atomic mass is 35.5. The van der Waals surface area contributed by atoms with Crippen molar-refractivity contribution in [2.24, 2.45) is 0 Å². The lowest BCUT2D eigenvalue weighted by atomic mass is 10.2. The van der Waals surface area contributed by atoms with E-state index in [0.717, 1.165) is 11.3 Å². The van der Waals surface area contributed by atoms with Gasteiger partial charge in [-0.05, 0) is 30.7 Å². The topological polar surface area (TPSA) is 121 Å². The number of esters is 1. The Balaban J connectivity index is 1.38. The number of halogens is 1. The Morgan fingerprint density at radius 3 is 2.53 bits per heavy atom. The normalized spacial score (nSPS) is 11.0. The van der Waals surface area contributed by atoms with Crippen molar-refractivity contribution in [1.82, 2.24) is 24.7 Å². The van der Waals surface area contributed by atoms with Gasteiger partial charge in [-0.1, -0.05) is 60.1 Å². The van der Waals surface area contributed by atoms with Crippen LogP contribution in [-0.4, -0.2) is 30.7 Å². The third-order valence-electron chi connectivity index (χ3n) is 4.74. The first-order valence-corrected chi connectivity index (χ1v) is 10.8. The van der Waals surface area contributed by atoms with Crippen molar-refractivity contribution in [3.63, 3.8) is 0 Å². The van der Waals surface area contributed by atoms with Crippen LogP contribution in [0.25, 0.3) is 6.08 Å². The molecule has 2 aromatic carbocycles. The standard InChI is InChI=1S/C24H22ClN7O2/c1-16-19(22(25)32(31-16)14-17-8-4-2-5-9-17)12-13-21(33)34-15-20-28-23(26)30-24(29-20)27-18-10-6-3-7-11-18/h2-13H,14-15H2,1H3,(H3,26,27,28,29,30)/b13-12+. The number of hydrogen-bond donors (Lipinski definition) is 2. The van der Waals surface area contributed by atoms with Crippen molar-refractivity contribution < 1.29 is 9.53 Å². The van der Waals surface area contributed by atoms with Gasteiger partial charge in [0, 0.05) is 17.3 Å². The molecule has 0 amide bonds. The number of hydrogen-bond acceptors (Lipinski definition) is 8. The molecule has 0 saturated carbocycles. The second kappa shape index (κ2) is 10.6. The zero-order valence-corrected chi connectivity index (χ0v) is 19.1. The first kappa shape index (κ1) is 22.9. The molecule has 0 aliphatic rings. The minimum atomic E-state index is -0.581. The number of benzene rings is 2. The summed E-state index contributed by atoms with van der Waals surface area (Å²) in [6.07, 6.45) is 2.87. The number of carbonyl (C=O) groups excluding carboxylic acids is 1. The van der Waals surface area contributed by atoms with Gasteiger partial charge in [0.05, 0.1) is 12.2 Å². The van der Waals surface area contributed by atoms with Crippen LogP contribution in [0.3, 0.4) is 0 Å². The summed E-state index contributed by atoms with van der Waals surface area (Å²) in [7, 11) is 0. The molecule has 9 nitrogen and oxygen atoms in total. The molecule has 172 valence electrons. The number of ether oxygens (including phenoxy) is 1. The number of nitrogen functional groups attached to an aromatic ring is 1. The number of para-hydroxylation sites is 1. The second-order valence-corrected chi connectivity index (χ2v) is 7.66. The summed E-state index contributed by atoms with van der Waals surface area (Å²) in [4.78, 5) is 24.6. The molecule has 0 fully saturated rings. The molecule has 3 N–H and O–H groups in total. The minimum absolute atomic E-state index is 0.0169. The van der Waals surface area contributed by atoms with E-state index in [1.807, 2.05) is 67.6 Å². The molecule has 0 atom stereocenters. The number of nitrogens with zero attached hydrogens (tertiary/aromatic N) is 5. The number of anilines is 3. The van der Waals surface area contributed by atoms with Crippen LogP contribution in [0, 0.1) is 6.92 Å². The van der Waals surface area contributed by atoms with Gasteiger partial charge in [0.15, 0.2) is 12.4 Å². The van der Waals surface area contributed by atoms with E-state index in [2.05, 4.69) is 25.4 Å². The first-order valence-electron chi connectivity index (χ1n) is 10.4. The fourth-order valence-electron chi connectivity index (χ4n) is 3.16. The summed E-state index contributed by atoms with van der Waals surface area (Å²) in [5.41, 5.74) is 8.97. The van der Waals surface area contributed by atoms with Crippen molar-refractivity contribution in [1.29, 1.82) is 0 Å². The van der Waals surface area contributed by atoms with Crippen LogP contribution in [0.1, 0.15) is 22.6 Å². The van der Waals surface area contributed by atoms with Gasteiger partial charge >= 0.3 is 5.97 Å². The molecule has 4 aromatic rings. The van der Waals surface area contributed by atoms with Gasteiger partial charge in [-0.2, -0.15) is 20.1 Å². The molecular weight excluding hydrogens is 454 g/mol. The summed E-state index contributed by atoms with van der Waals surface area (Å²) < 4.78 is 6.95. The van der Waals surface area contributed by atoms with Gasteiger partial charge in [0.25, 0.3) is 0 Å². The Kier molecular flexibility index (Phi) is 7.14. The van der Waals surface area contributed by atoms with E-state index >= 15 is 0 Å². The molecule has 0 spiro atoms. The average molecular weight is 476 g/mol. The SMILES string of the molecule is Cc1nn(Cc2ccccc2)c(Cl)c1/C=C/C(=O)OCc1nc(N)nc(Nc2ccccc2)n1. The highest BCUT2D eigenvalue weighted by Gasteiger charge is 2.12. The van der Waals surface area contributed by atoms with Gasteiger partial charge in [-0.3, -0.25) is 0 Å². The van der Waals surface area contributed by atoms with Crippen LogP contribution in [0.15, 0.2) is 66.7 Å². The summed E-state index contributed by atoms with van der Waals surface area (Å²) in [5, 5.41) is 7.93. The molecule has 10 heteroatoms. The maximum absolute atomic E-state index is 12.3. The average Bonchev–Trinajstić information content (AvgIpc) is 3.09. The maximum atomic E-state index is 12.3. The van der Waals surface area contributed by atoms with Crippen molar-refractivity contribution in [2.75, 3.05) is 11.1 Å². The van der Waals surface area contributed by atoms with E-state index in [1.54, 1.807) is 10.8 Å². The molecule has 2 aromatic heterocycles. The fraction of sp³-hybridized carbons (Fsp3) is 0.125. The lowest BCUT2D eigenvalue weighted by molar-refractivity contribution is -0.139. The molecule has 0 radical (unpaired) electrons. The Morgan fingerprint density at radius 2 is 1.79 bits per heavy atom. The van der Waals surface area contributed by atoms with Gasteiger partial charge < -0.3 is 15.8 Å². The van der Waals surface area contributed by atoms with Gasteiger partial charge in [0.1, 0.15) is 5.15 Å². The number of rotatable bonds is 8. The van der Waals surface area contributed by atoms with Gasteiger partial charge in [-0.25, -0.2) is 9.48 Å². The van der Waals surface area contributed by atoms with E-state index in [-0.39, 0.29) is 24.3 Å². The molecule has 34 heavy (non-hydrogen) atoms. The quantitative estimate of drug-likeness (QED) is 0.288. The third-order valence-corrected chi connectivity index (χ3v) is 5.14. The Morgan fingerprint density at radius 1 is 1.09 bits per heavy atom. The second-order valence-electron chi connectivity index (χ2n) is 7.30. The van der Waals surface area contributed by atoms with Crippen LogP contribution >= 0.6 is 11.6 Å². The van der Waals surface area contributed by atoms with Crippen molar-refractivity contribution in [2.45, 2.75) is 20.1 Å². The Hall–Kier alpha value is -4.24. The molecule has 2 heterocycles. The number of aryl methyl sites for hydroxylation is 1. The van der Waals surface area contributed by atoms with E-state index in [9.17, 15) is 4.79 Å². The monoisotopic (exact) mass is 475 g/mol. The highest BCUT2D eigenvalue weighted by Crippen LogP contribution is 2.22. The van der Waals surface area contributed by atoms with Crippen molar-refractivity contribution in [3.05, 3.63) is 94.5 Å². The fourth-order valence-corrected chi connectivity index (χ4v) is 3.46. The summed E-state index contributed by atoms with van der Waals surface area (Å²) in [6, 6.07) is 19.2. The first-order chi connectivity index (χ1) is 16.5. The van der Waals surface area contributed by atoms with E-state index < -0.39 is 5.97 Å². The third kappa shape index (κ3) is 5.96. The summed E-state index contributed by atoms with van der Waals surface area (Å²) in [5.74, 6) is -0.0859. The lowest BCUT2D eigenvalue weighted by Crippen LogP contribution is -2.10. The largest absolute Gasteiger partial charge is 0.454 e. The molecule has 4 rings (SSSR count). The number of aromatic nitrogens is 5. The van der Waals surface area contributed by atoms with Crippen LogP contribution in [0.4, 0.5) is 17.6 Å². The zero-order valence-electron chi connectivity index (χ0n) is 18.4. The van der Waals surface area contributed by atoms with Crippen molar-refractivity contribution in [3.8, 4) is 0 Å². The minimum Gasteiger partial charge on any atom is -0.454 e. The smallest absolute Gasteiger partial charge is 0.331 e. The maximum Gasteiger partial charge on any atom is 0.331 e. The zero-order chi connectivity index (χ0) is 23.9. The van der Waals surface area contributed by atoms with Crippen LogP contribution in [0.5, 0.6) is 0 Å². The van der Waals surface area contributed by atoms with Crippen LogP contribution < -0.4 is 11.1 Å². The predicted molar refractivity (Wildman–Crippen MR) is 130 cm³/mol. The highest BCUT2D eigenvalue weighted by molar-refractivity contribution is 6.31.